The first-order valence-corrected chi connectivity index (χ1v) is 6.72. The summed E-state index contributed by atoms with van der Waals surface area (Å²) in [5.41, 5.74) is 0.560. The van der Waals surface area contributed by atoms with Crippen molar-refractivity contribution in [2.24, 2.45) is 0 Å². The molecule has 3 rings (SSSR count). The molecule has 1 aromatic carbocycles. The number of anilines is 1. The minimum atomic E-state index is -1.01. The third-order valence-electron chi connectivity index (χ3n) is 3.10. The van der Waals surface area contributed by atoms with Crippen molar-refractivity contribution in [1.29, 1.82) is 0 Å². The Morgan fingerprint density at radius 1 is 1.14 bits per heavy atom. The first-order chi connectivity index (χ1) is 9.97. The van der Waals surface area contributed by atoms with Crippen LogP contribution in [0.3, 0.4) is 0 Å². The Kier molecular flexibility index (Phi) is 3.29. The number of hydrogen-bond donors (Lipinski definition) is 0. The molecule has 1 aromatic heterocycles. The summed E-state index contributed by atoms with van der Waals surface area (Å²) in [6.07, 6.45) is 1.46. The lowest BCUT2D eigenvalue weighted by molar-refractivity contribution is -0.114. The quantitative estimate of drug-likeness (QED) is 0.781. The Bertz CT molecular complexity index is 780. The third-order valence-corrected chi connectivity index (χ3v) is 3.53. The Morgan fingerprint density at radius 2 is 1.90 bits per heavy atom. The molecule has 0 N–H and O–H groups in total. The molecule has 0 saturated heterocycles. The summed E-state index contributed by atoms with van der Waals surface area (Å²) in [5, 5.41) is 0. The maximum absolute atomic E-state index is 13.2. The van der Waals surface area contributed by atoms with E-state index < -0.39 is 23.3 Å². The van der Waals surface area contributed by atoms with Crippen molar-refractivity contribution in [2.45, 2.75) is 6.54 Å². The van der Waals surface area contributed by atoms with Crippen molar-refractivity contribution in [1.82, 2.24) is 4.98 Å². The van der Waals surface area contributed by atoms with E-state index in [1.165, 1.54) is 18.3 Å². The van der Waals surface area contributed by atoms with Crippen LogP contribution in [0.1, 0.15) is 15.9 Å². The smallest absolute Gasteiger partial charge is 0.285 e. The van der Waals surface area contributed by atoms with E-state index in [1.807, 2.05) is 0 Å². The molecule has 0 radical (unpaired) electrons. The molecule has 0 bridgehead atoms. The Hall–Kier alpha value is -2.15. The van der Waals surface area contributed by atoms with Gasteiger partial charge in [-0.05, 0) is 39.7 Å². The van der Waals surface area contributed by atoms with E-state index in [-0.39, 0.29) is 17.9 Å². The number of Topliss-reactive ketones (excluding diaryl/α,β-unsaturated/α-hetero) is 1. The van der Waals surface area contributed by atoms with Crippen LogP contribution >= 0.6 is 15.9 Å². The maximum atomic E-state index is 13.2. The zero-order valence-electron chi connectivity index (χ0n) is 10.4. The van der Waals surface area contributed by atoms with Gasteiger partial charge in [-0.3, -0.25) is 14.5 Å². The van der Waals surface area contributed by atoms with Gasteiger partial charge in [-0.15, -0.1) is 0 Å². The van der Waals surface area contributed by atoms with E-state index in [4.69, 9.17) is 0 Å². The Morgan fingerprint density at radius 3 is 2.62 bits per heavy atom. The minimum Gasteiger partial charge on any atom is -0.285 e. The second-order valence-electron chi connectivity index (χ2n) is 4.49. The third kappa shape index (κ3) is 2.33. The van der Waals surface area contributed by atoms with Crippen LogP contribution in [0.2, 0.25) is 0 Å². The monoisotopic (exact) mass is 352 g/mol. The number of nitrogens with zero attached hydrogens (tertiary/aromatic N) is 2. The maximum Gasteiger partial charge on any atom is 0.301 e. The zero-order valence-corrected chi connectivity index (χ0v) is 12.0. The van der Waals surface area contributed by atoms with E-state index >= 15 is 0 Å². The van der Waals surface area contributed by atoms with Crippen molar-refractivity contribution in [3.63, 3.8) is 0 Å². The highest BCUT2D eigenvalue weighted by Crippen LogP contribution is 2.30. The van der Waals surface area contributed by atoms with Crippen LogP contribution in [-0.4, -0.2) is 16.7 Å². The van der Waals surface area contributed by atoms with Gasteiger partial charge in [0, 0.05) is 10.7 Å². The summed E-state index contributed by atoms with van der Waals surface area (Å²) < 4.78 is 26.7. The number of halogens is 3. The molecule has 0 saturated carbocycles. The lowest BCUT2D eigenvalue weighted by Crippen LogP contribution is -2.29. The summed E-state index contributed by atoms with van der Waals surface area (Å²) in [6, 6.07) is 4.83. The van der Waals surface area contributed by atoms with Crippen LogP contribution in [0.5, 0.6) is 0 Å². The molecule has 7 heteroatoms. The average Bonchev–Trinajstić information content (AvgIpc) is 2.68. The summed E-state index contributed by atoms with van der Waals surface area (Å²) in [5.74, 6) is -3.15. The van der Waals surface area contributed by atoms with Gasteiger partial charge in [0.25, 0.3) is 5.78 Å². The van der Waals surface area contributed by atoms with Gasteiger partial charge in [-0.2, -0.15) is 0 Å². The average molecular weight is 353 g/mol. The van der Waals surface area contributed by atoms with Crippen molar-refractivity contribution in [2.75, 3.05) is 4.90 Å². The highest BCUT2D eigenvalue weighted by atomic mass is 79.9. The number of pyridine rings is 1. The number of ketones is 1. The van der Waals surface area contributed by atoms with Crippen LogP contribution in [0.4, 0.5) is 14.6 Å². The van der Waals surface area contributed by atoms with Crippen LogP contribution in [0.25, 0.3) is 0 Å². The van der Waals surface area contributed by atoms with E-state index in [0.717, 1.165) is 17.0 Å². The molecule has 0 atom stereocenters. The number of amides is 1. The van der Waals surface area contributed by atoms with E-state index in [9.17, 15) is 18.4 Å². The zero-order chi connectivity index (χ0) is 15.1. The predicted octanol–water partition coefficient (Wildman–Crippen LogP) is 2.85. The molecule has 1 aliphatic rings. The highest BCUT2D eigenvalue weighted by Gasteiger charge is 2.37. The fourth-order valence-corrected chi connectivity index (χ4v) is 2.45. The number of fused-ring (bicyclic) bond motifs is 1. The predicted molar refractivity (Wildman–Crippen MR) is 73.8 cm³/mol. The molecule has 0 aliphatic carbocycles. The molecule has 106 valence electrons. The van der Waals surface area contributed by atoms with Gasteiger partial charge in [0.15, 0.2) is 11.6 Å². The first kappa shape index (κ1) is 13.8. The lowest BCUT2D eigenvalue weighted by atomic mass is 10.2. The number of carbonyl (C=O) groups excluding carboxylic acids is 2. The second-order valence-corrected chi connectivity index (χ2v) is 5.41. The molecule has 1 aliphatic heterocycles. The first-order valence-electron chi connectivity index (χ1n) is 5.93. The van der Waals surface area contributed by atoms with Crippen LogP contribution in [0, 0.1) is 11.6 Å². The standard InChI is InChI=1S/C14H7BrF2N2O2/c15-8-4-9-12(20)14(21)19(13(9)18-5-8)6-7-1-2-10(16)11(17)3-7/h1-5H,6H2. The SMILES string of the molecule is O=C1C(=O)N(Cc2ccc(F)c(F)c2)c2ncc(Br)cc21. The van der Waals surface area contributed by atoms with Gasteiger partial charge in [0.05, 0.1) is 12.1 Å². The normalized spacial score (nSPS) is 13.8. The second kappa shape index (κ2) is 5.00. The number of benzene rings is 1. The van der Waals surface area contributed by atoms with Crippen molar-refractivity contribution < 1.29 is 18.4 Å². The van der Waals surface area contributed by atoms with Gasteiger partial charge >= 0.3 is 5.91 Å². The molecule has 2 heterocycles. The van der Waals surface area contributed by atoms with Gasteiger partial charge in [0.2, 0.25) is 0 Å². The van der Waals surface area contributed by atoms with Gasteiger partial charge < -0.3 is 0 Å². The van der Waals surface area contributed by atoms with Gasteiger partial charge in [-0.1, -0.05) is 6.07 Å². The van der Waals surface area contributed by atoms with E-state index in [2.05, 4.69) is 20.9 Å². The Labute approximate surface area is 126 Å². The number of carbonyl (C=O) groups is 2. The topological polar surface area (TPSA) is 50.3 Å². The van der Waals surface area contributed by atoms with Crippen LogP contribution < -0.4 is 4.90 Å². The molecule has 0 unspecified atom stereocenters. The fourth-order valence-electron chi connectivity index (χ4n) is 2.12. The number of aromatic nitrogens is 1. The van der Waals surface area contributed by atoms with Crippen LogP contribution in [0.15, 0.2) is 34.9 Å². The highest BCUT2D eigenvalue weighted by molar-refractivity contribution is 9.10. The molecule has 1 amide bonds. The summed E-state index contributed by atoms with van der Waals surface area (Å²) >= 11 is 3.18. The number of rotatable bonds is 2. The summed E-state index contributed by atoms with van der Waals surface area (Å²) in [7, 11) is 0. The van der Waals surface area contributed by atoms with E-state index in [0.29, 0.717) is 10.0 Å². The van der Waals surface area contributed by atoms with Crippen molar-refractivity contribution in [3.05, 3.63) is 57.7 Å². The van der Waals surface area contributed by atoms with Gasteiger partial charge in [0.1, 0.15) is 5.82 Å². The van der Waals surface area contributed by atoms with Crippen LogP contribution in [-0.2, 0) is 11.3 Å². The lowest BCUT2D eigenvalue weighted by Gasteiger charge is -2.15. The van der Waals surface area contributed by atoms with E-state index in [1.54, 1.807) is 0 Å². The summed E-state index contributed by atoms with van der Waals surface area (Å²) in [4.78, 5) is 29.1. The molecule has 0 spiro atoms. The number of hydrogen-bond acceptors (Lipinski definition) is 3. The van der Waals surface area contributed by atoms with Crippen molar-refractivity contribution in [3.8, 4) is 0 Å². The molecular weight excluding hydrogens is 346 g/mol. The van der Waals surface area contributed by atoms with Crippen molar-refractivity contribution >= 4 is 33.4 Å². The Balaban J connectivity index is 1.98. The molecule has 21 heavy (non-hydrogen) atoms. The largest absolute Gasteiger partial charge is 0.301 e. The molecule has 4 nitrogen and oxygen atoms in total. The molecular formula is C14H7BrF2N2O2. The molecule has 2 aromatic rings. The molecule has 0 fully saturated rings. The summed E-state index contributed by atoms with van der Waals surface area (Å²) in [6.45, 7) is -0.0522. The minimum absolute atomic E-state index is 0.0522. The van der Waals surface area contributed by atoms with Gasteiger partial charge in [-0.25, -0.2) is 13.8 Å². The fraction of sp³-hybridized carbons (Fsp3) is 0.0714.